The van der Waals surface area contributed by atoms with Crippen molar-refractivity contribution >= 4 is 21.4 Å². The number of rotatable bonds is 8. The molecule has 1 N–H and O–H groups in total. The van der Waals surface area contributed by atoms with Gasteiger partial charge in [-0.1, -0.05) is 0 Å². The van der Waals surface area contributed by atoms with Crippen molar-refractivity contribution in [2.45, 2.75) is 36.4 Å². The van der Waals surface area contributed by atoms with Crippen LogP contribution in [-0.4, -0.2) is 32.9 Å². The van der Waals surface area contributed by atoms with Crippen molar-refractivity contribution in [1.29, 1.82) is 0 Å². The van der Waals surface area contributed by atoms with Crippen molar-refractivity contribution in [3.8, 4) is 0 Å². The number of nitrogens with zero attached hydrogens (tertiary/aromatic N) is 1. The molecule has 1 heterocycles. The molecule has 20 heavy (non-hydrogen) atoms. The van der Waals surface area contributed by atoms with Gasteiger partial charge in [-0.3, -0.25) is 0 Å². The first kappa shape index (κ1) is 14.5. The zero-order valence-corrected chi connectivity index (χ0v) is 13.5. The molecule has 3 rings (SSSR count). The zero-order chi connectivity index (χ0) is 14.2. The molecule has 0 aromatic carbocycles. The van der Waals surface area contributed by atoms with Gasteiger partial charge in [-0.15, -0.1) is 11.3 Å². The highest BCUT2D eigenvalue weighted by molar-refractivity contribution is 7.91. The molecule has 0 saturated heterocycles. The lowest BCUT2D eigenvalue weighted by atomic mass is 10.3. The number of thiophene rings is 1. The fraction of sp³-hybridized carbons (Fsp3) is 0.714. The highest BCUT2D eigenvalue weighted by Crippen LogP contribution is 2.36. The highest BCUT2D eigenvalue weighted by Gasteiger charge is 2.36. The smallest absolute Gasteiger partial charge is 0.252 e. The Morgan fingerprint density at radius 2 is 1.85 bits per heavy atom. The molecule has 2 saturated carbocycles. The third kappa shape index (κ3) is 3.42. The van der Waals surface area contributed by atoms with E-state index in [1.54, 1.807) is 4.31 Å². The molecule has 0 atom stereocenters. The van der Waals surface area contributed by atoms with Crippen LogP contribution in [0.4, 0.5) is 0 Å². The normalized spacial score (nSPS) is 19.7. The van der Waals surface area contributed by atoms with Crippen LogP contribution in [0, 0.1) is 11.8 Å². The van der Waals surface area contributed by atoms with Gasteiger partial charge < -0.3 is 5.32 Å². The molecule has 0 unspecified atom stereocenters. The van der Waals surface area contributed by atoms with E-state index in [0.29, 0.717) is 16.0 Å². The van der Waals surface area contributed by atoms with E-state index in [-0.39, 0.29) is 0 Å². The van der Waals surface area contributed by atoms with E-state index in [9.17, 15) is 8.42 Å². The number of nitrogens with one attached hydrogen (secondary N) is 1. The van der Waals surface area contributed by atoms with Gasteiger partial charge in [-0.25, -0.2) is 8.42 Å². The van der Waals surface area contributed by atoms with Crippen molar-refractivity contribution in [3.05, 3.63) is 17.0 Å². The summed E-state index contributed by atoms with van der Waals surface area (Å²) in [5.74, 6) is 1.19. The Kier molecular flexibility index (Phi) is 4.17. The molecule has 0 aliphatic heterocycles. The minimum Gasteiger partial charge on any atom is -0.316 e. The Morgan fingerprint density at radius 1 is 1.25 bits per heavy atom. The molecule has 112 valence electrons. The molecule has 2 fully saturated rings. The topological polar surface area (TPSA) is 49.4 Å². The van der Waals surface area contributed by atoms with Crippen LogP contribution in [0.5, 0.6) is 0 Å². The summed E-state index contributed by atoms with van der Waals surface area (Å²) in [5.41, 5.74) is 1.05. The predicted octanol–water partition coefficient (Wildman–Crippen LogP) is 2.28. The lowest BCUT2D eigenvalue weighted by Gasteiger charge is -2.21. The molecule has 2 aliphatic rings. The Balaban J connectivity index is 1.77. The first-order chi connectivity index (χ1) is 9.59. The minimum absolute atomic E-state index is 0.504. The van der Waals surface area contributed by atoms with E-state index in [1.807, 2.05) is 18.5 Å². The lowest BCUT2D eigenvalue weighted by Crippen LogP contribution is -2.34. The monoisotopic (exact) mass is 314 g/mol. The van der Waals surface area contributed by atoms with Crippen LogP contribution in [0.3, 0.4) is 0 Å². The SMILES string of the molecule is CNCc1csc(S(=O)(=O)N(CC2CC2)CC2CC2)c1. The fourth-order valence-electron chi connectivity index (χ4n) is 2.36. The predicted molar refractivity (Wildman–Crippen MR) is 81.3 cm³/mol. The van der Waals surface area contributed by atoms with Crippen LogP contribution in [0.15, 0.2) is 15.7 Å². The summed E-state index contributed by atoms with van der Waals surface area (Å²) in [6.45, 7) is 2.16. The Bertz CT molecular complexity index is 545. The molecular weight excluding hydrogens is 292 g/mol. The second kappa shape index (κ2) is 5.75. The third-order valence-corrected chi connectivity index (χ3v) is 7.22. The van der Waals surface area contributed by atoms with Crippen LogP contribution < -0.4 is 5.32 Å². The van der Waals surface area contributed by atoms with Crippen molar-refractivity contribution in [2.24, 2.45) is 11.8 Å². The van der Waals surface area contributed by atoms with Gasteiger partial charge >= 0.3 is 0 Å². The Morgan fingerprint density at radius 3 is 2.35 bits per heavy atom. The van der Waals surface area contributed by atoms with Crippen LogP contribution in [-0.2, 0) is 16.6 Å². The fourth-order valence-corrected chi connectivity index (χ4v) is 5.31. The van der Waals surface area contributed by atoms with E-state index in [0.717, 1.165) is 25.2 Å². The van der Waals surface area contributed by atoms with E-state index in [4.69, 9.17) is 0 Å². The molecule has 1 aromatic heterocycles. The summed E-state index contributed by atoms with van der Waals surface area (Å²) in [6, 6.07) is 1.82. The second-order valence-electron chi connectivity index (χ2n) is 6.01. The van der Waals surface area contributed by atoms with Crippen molar-refractivity contribution in [1.82, 2.24) is 9.62 Å². The zero-order valence-electron chi connectivity index (χ0n) is 11.8. The van der Waals surface area contributed by atoms with Gasteiger partial charge in [-0.05, 0) is 61.6 Å². The number of hydrogen-bond acceptors (Lipinski definition) is 4. The van der Waals surface area contributed by atoms with Crippen molar-refractivity contribution in [3.63, 3.8) is 0 Å². The lowest BCUT2D eigenvalue weighted by molar-refractivity contribution is 0.383. The van der Waals surface area contributed by atoms with E-state index in [1.165, 1.54) is 37.0 Å². The average molecular weight is 314 g/mol. The van der Waals surface area contributed by atoms with Crippen LogP contribution in [0.2, 0.25) is 0 Å². The maximum atomic E-state index is 12.8. The summed E-state index contributed by atoms with van der Waals surface area (Å²) in [7, 11) is -1.41. The van der Waals surface area contributed by atoms with E-state index < -0.39 is 10.0 Å². The summed E-state index contributed by atoms with van der Waals surface area (Å²) < 4.78 is 27.8. The van der Waals surface area contributed by atoms with Crippen LogP contribution in [0.1, 0.15) is 31.2 Å². The van der Waals surface area contributed by atoms with Gasteiger partial charge in [0, 0.05) is 19.6 Å². The van der Waals surface area contributed by atoms with Gasteiger partial charge in [0.25, 0.3) is 10.0 Å². The summed E-state index contributed by atoms with van der Waals surface area (Å²) in [5, 5.41) is 5.00. The van der Waals surface area contributed by atoms with Crippen LogP contribution >= 0.6 is 11.3 Å². The van der Waals surface area contributed by atoms with Gasteiger partial charge in [-0.2, -0.15) is 4.31 Å². The standard InChI is InChI=1S/C14H22N2O2S2/c1-15-7-13-6-14(19-10-13)20(17,18)16(8-11-2-3-11)9-12-4-5-12/h6,10-12,15H,2-5,7-9H2,1H3. The first-order valence-corrected chi connectivity index (χ1v) is 9.63. The largest absolute Gasteiger partial charge is 0.316 e. The van der Waals surface area contributed by atoms with E-state index >= 15 is 0 Å². The molecule has 0 bridgehead atoms. The highest BCUT2D eigenvalue weighted by atomic mass is 32.2. The van der Waals surface area contributed by atoms with Crippen molar-refractivity contribution in [2.75, 3.05) is 20.1 Å². The molecular formula is C14H22N2O2S2. The third-order valence-electron chi connectivity index (χ3n) is 3.92. The Labute approximate surface area is 125 Å². The quantitative estimate of drug-likeness (QED) is 0.801. The Hall–Kier alpha value is -0.430. The second-order valence-corrected chi connectivity index (χ2v) is 9.09. The van der Waals surface area contributed by atoms with Gasteiger partial charge in [0.1, 0.15) is 4.21 Å². The van der Waals surface area contributed by atoms with Crippen molar-refractivity contribution < 1.29 is 8.42 Å². The summed E-state index contributed by atoms with van der Waals surface area (Å²) in [6.07, 6.45) is 4.75. The molecule has 6 heteroatoms. The number of hydrogen-bond donors (Lipinski definition) is 1. The number of sulfonamides is 1. The van der Waals surface area contributed by atoms with Gasteiger partial charge in [0.2, 0.25) is 0 Å². The molecule has 0 radical (unpaired) electrons. The molecule has 2 aliphatic carbocycles. The maximum Gasteiger partial charge on any atom is 0.252 e. The van der Waals surface area contributed by atoms with Crippen LogP contribution in [0.25, 0.3) is 0 Å². The average Bonchev–Trinajstić information content (AvgIpc) is 3.32. The molecule has 0 spiro atoms. The maximum absolute atomic E-state index is 12.8. The van der Waals surface area contributed by atoms with Gasteiger partial charge in [0.15, 0.2) is 0 Å². The molecule has 4 nitrogen and oxygen atoms in total. The van der Waals surface area contributed by atoms with E-state index in [2.05, 4.69) is 5.32 Å². The first-order valence-electron chi connectivity index (χ1n) is 7.31. The minimum atomic E-state index is -3.28. The summed E-state index contributed by atoms with van der Waals surface area (Å²) in [4.78, 5) is 0. The molecule has 1 aromatic rings. The molecule has 0 amide bonds. The van der Waals surface area contributed by atoms with Gasteiger partial charge in [0.05, 0.1) is 0 Å². The summed E-state index contributed by atoms with van der Waals surface area (Å²) >= 11 is 1.35.